The number of hydrogen-bond acceptors (Lipinski definition) is 7. The summed E-state index contributed by atoms with van der Waals surface area (Å²) >= 11 is 0. The van der Waals surface area contributed by atoms with Crippen LogP contribution in [0.1, 0.15) is 65.3 Å². The first-order valence-corrected chi connectivity index (χ1v) is 15.8. The van der Waals surface area contributed by atoms with Crippen molar-refractivity contribution in [3.05, 3.63) is 59.2 Å². The van der Waals surface area contributed by atoms with Gasteiger partial charge in [0, 0.05) is 80.1 Å². The van der Waals surface area contributed by atoms with E-state index in [2.05, 4.69) is 30.6 Å². The summed E-state index contributed by atoms with van der Waals surface area (Å²) in [5.41, 5.74) is 2.92. The Labute approximate surface area is 261 Å². The average molecular weight is 610 g/mol. The number of aromatic nitrogens is 1. The van der Waals surface area contributed by atoms with Gasteiger partial charge < -0.3 is 19.3 Å². The van der Waals surface area contributed by atoms with Crippen molar-refractivity contribution in [1.82, 2.24) is 19.7 Å². The predicted octanol–water partition coefficient (Wildman–Crippen LogP) is 4.47. The van der Waals surface area contributed by atoms with Crippen molar-refractivity contribution < 1.29 is 23.5 Å². The molecule has 240 valence electrons. The second-order valence-corrected chi connectivity index (χ2v) is 14.3. The topological polar surface area (TPSA) is 78.5 Å². The number of halogens is 1. The van der Waals surface area contributed by atoms with Gasteiger partial charge in [-0.3, -0.25) is 19.6 Å². The van der Waals surface area contributed by atoms with Crippen LogP contribution < -0.4 is 4.90 Å². The van der Waals surface area contributed by atoms with Gasteiger partial charge in [-0.1, -0.05) is 26.0 Å². The highest BCUT2D eigenvalue weighted by atomic mass is 19.1. The van der Waals surface area contributed by atoms with Gasteiger partial charge >= 0.3 is 6.09 Å². The maximum atomic E-state index is 14.2. The van der Waals surface area contributed by atoms with Gasteiger partial charge in [-0.05, 0) is 58.4 Å². The van der Waals surface area contributed by atoms with E-state index in [0.29, 0.717) is 39.3 Å². The van der Waals surface area contributed by atoms with Crippen LogP contribution in [0.15, 0.2) is 36.5 Å². The fraction of sp³-hybridized carbons (Fsp3) is 0.618. The third kappa shape index (κ3) is 7.41. The number of fused-ring (bicyclic) bond motifs is 1. The van der Waals surface area contributed by atoms with E-state index in [1.54, 1.807) is 12.1 Å². The SMILES string of the molecule is C[C@@H]1COCCN1C[C@H]1CN(C(=O)OC(C)(C)C)[C@H](C)CN1CC(=O)N1CC(C)(C)c2cnc(Cc3ccc(F)cc3)cc21. The number of amides is 2. The number of pyridine rings is 1. The quantitative estimate of drug-likeness (QED) is 0.479. The van der Waals surface area contributed by atoms with Crippen LogP contribution in [-0.2, 0) is 26.1 Å². The van der Waals surface area contributed by atoms with Crippen LogP contribution in [0.5, 0.6) is 0 Å². The van der Waals surface area contributed by atoms with Crippen LogP contribution in [0, 0.1) is 5.82 Å². The molecule has 5 rings (SSSR count). The Morgan fingerprint density at radius 1 is 1.09 bits per heavy atom. The molecule has 2 amide bonds. The van der Waals surface area contributed by atoms with E-state index in [4.69, 9.17) is 14.5 Å². The highest BCUT2D eigenvalue weighted by molar-refractivity contribution is 5.97. The lowest BCUT2D eigenvalue weighted by molar-refractivity contribution is -0.121. The second kappa shape index (κ2) is 12.7. The summed E-state index contributed by atoms with van der Waals surface area (Å²) in [6, 6.07) is 8.58. The Bertz CT molecular complexity index is 1340. The van der Waals surface area contributed by atoms with Gasteiger partial charge in [0.2, 0.25) is 5.91 Å². The molecule has 10 heteroatoms. The molecule has 2 aromatic rings. The normalized spacial score (nSPS) is 24.3. The van der Waals surface area contributed by atoms with E-state index in [1.807, 2.05) is 49.8 Å². The maximum Gasteiger partial charge on any atom is 0.410 e. The number of morpholine rings is 1. The van der Waals surface area contributed by atoms with Crippen molar-refractivity contribution in [3.8, 4) is 0 Å². The van der Waals surface area contributed by atoms with E-state index in [1.165, 1.54) is 12.1 Å². The molecule has 2 saturated heterocycles. The van der Waals surface area contributed by atoms with Gasteiger partial charge in [-0.15, -0.1) is 0 Å². The standard InChI is InChI=1S/C34H48FN5O4/c1-23-17-38(28(18-37-12-13-43-21-24(37)2)19-39(23)32(42)44-33(3,4)5)20-31(41)40-22-34(6,7)29-16-36-27(15-30(29)40)14-25-8-10-26(35)11-9-25/h8-11,15-16,23-24,28H,12-14,17-22H2,1-7H3/t23-,24-,28+/m1/s1. The monoisotopic (exact) mass is 609 g/mol. The maximum absolute atomic E-state index is 14.2. The Balaban J connectivity index is 1.36. The number of nitrogens with zero attached hydrogens (tertiary/aromatic N) is 5. The Hall–Kier alpha value is -3.08. The van der Waals surface area contributed by atoms with Gasteiger partial charge in [-0.2, -0.15) is 0 Å². The number of benzene rings is 1. The molecule has 1 aromatic heterocycles. The number of carbonyl (C=O) groups is 2. The summed E-state index contributed by atoms with van der Waals surface area (Å²) in [6.45, 7) is 18.9. The molecule has 0 bridgehead atoms. The summed E-state index contributed by atoms with van der Waals surface area (Å²) in [6.07, 6.45) is 2.14. The first kappa shape index (κ1) is 32.3. The number of anilines is 1. The highest BCUT2D eigenvalue weighted by Gasteiger charge is 2.42. The van der Waals surface area contributed by atoms with Crippen molar-refractivity contribution >= 4 is 17.7 Å². The summed E-state index contributed by atoms with van der Waals surface area (Å²) in [5.74, 6) is -0.231. The molecule has 3 aliphatic rings. The van der Waals surface area contributed by atoms with Crippen molar-refractivity contribution in [2.75, 3.05) is 57.4 Å². The minimum Gasteiger partial charge on any atom is -0.444 e. The zero-order valence-electron chi connectivity index (χ0n) is 27.3. The van der Waals surface area contributed by atoms with Crippen LogP contribution in [-0.4, -0.2) is 108 Å². The molecule has 44 heavy (non-hydrogen) atoms. The summed E-state index contributed by atoms with van der Waals surface area (Å²) < 4.78 is 24.9. The molecule has 3 aliphatic heterocycles. The second-order valence-electron chi connectivity index (χ2n) is 14.3. The van der Waals surface area contributed by atoms with Gasteiger partial charge in [0.1, 0.15) is 11.4 Å². The largest absolute Gasteiger partial charge is 0.444 e. The highest BCUT2D eigenvalue weighted by Crippen LogP contribution is 2.40. The fourth-order valence-electron chi connectivity index (χ4n) is 6.54. The van der Waals surface area contributed by atoms with Crippen LogP contribution in [0.25, 0.3) is 0 Å². The molecule has 0 saturated carbocycles. The predicted molar refractivity (Wildman–Crippen MR) is 168 cm³/mol. The van der Waals surface area contributed by atoms with Gasteiger partial charge in [0.25, 0.3) is 0 Å². The number of piperazine rings is 1. The molecule has 0 aliphatic carbocycles. The first-order valence-electron chi connectivity index (χ1n) is 15.8. The lowest BCUT2D eigenvalue weighted by atomic mass is 9.88. The van der Waals surface area contributed by atoms with Crippen LogP contribution in [0.4, 0.5) is 14.9 Å². The molecule has 9 nitrogen and oxygen atoms in total. The summed E-state index contributed by atoms with van der Waals surface area (Å²) in [7, 11) is 0. The van der Waals surface area contributed by atoms with Crippen LogP contribution >= 0.6 is 0 Å². The van der Waals surface area contributed by atoms with Crippen molar-refractivity contribution in [2.45, 2.75) is 84.0 Å². The molecule has 0 unspecified atom stereocenters. The molecule has 3 atom stereocenters. The summed E-state index contributed by atoms with van der Waals surface area (Å²) in [5, 5.41) is 0. The summed E-state index contributed by atoms with van der Waals surface area (Å²) in [4.78, 5) is 40.5. The van der Waals surface area contributed by atoms with E-state index in [0.717, 1.165) is 35.6 Å². The number of rotatable bonds is 6. The zero-order valence-corrected chi connectivity index (χ0v) is 27.3. The molecule has 4 heterocycles. The van der Waals surface area contributed by atoms with Crippen molar-refractivity contribution in [2.24, 2.45) is 0 Å². The molecular formula is C34H48FN5O4. The smallest absolute Gasteiger partial charge is 0.410 e. The third-order valence-electron chi connectivity index (χ3n) is 8.98. The van der Waals surface area contributed by atoms with Crippen LogP contribution in [0.2, 0.25) is 0 Å². The first-order chi connectivity index (χ1) is 20.7. The van der Waals surface area contributed by atoms with E-state index in [-0.39, 0.29) is 47.9 Å². The van der Waals surface area contributed by atoms with Gasteiger partial charge in [0.15, 0.2) is 0 Å². The van der Waals surface area contributed by atoms with Crippen molar-refractivity contribution in [1.29, 1.82) is 0 Å². The molecule has 0 N–H and O–H groups in total. The number of carbonyl (C=O) groups excluding carboxylic acids is 2. The number of hydrogen-bond donors (Lipinski definition) is 0. The Morgan fingerprint density at radius 3 is 2.50 bits per heavy atom. The minimum atomic E-state index is -0.585. The van der Waals surface area contributed by atoms with E-state index in [9.17, 15) is 14.0 Å². The lowest BCUT2D eigenvalue weighted by Crippen LogP contribution is -2.64. The molecule has 2 fully saturated rings. The average Bonchev–Trinajstić information content (AvgIpc) is 3.21. The van der Waals surface area contributed by atoms with Gasteiger partial charge in [0.05, 0.1) is 25.4 Å². The Morgan fingerprint density at radius 2 is 1.82 bits per heavy atom. The minimum absolute atomic E-state index is 0.0358. The molecular weight excluding hydrogens is 561 g/mol. The lowest BCUT2D eigenvalue weighted by Gasteiger charge is -2.47. The Kier molecular flexibility index (Phi) is 9.35. The zero-order chi connectivity index (χ0) is 31.8. The van der Waals surface area contributed by atoms with E-state index >= 15 is 0 Å². The fourth-order valence-corrected chi connectivity index (χ4v) is 6.54. The molecule has 0 radical (unpaired) electrons. The van der Waals surface area contributed by atoms with Crippen LogP contribution in [0.3, 0.4) is 0 Å². The third-order valence-corrected chi connectivity index (χ3v) is 8.98. The van der Waals surface area contributed by atoms with Crippen molar-refractivity contribution in [3.63, 3.8) is 0 Å². The van der Waals surface area contributed by atoms with Gasteiger partial charge in [-0.25, -0.2) is 9.18 Å². The van der Waals surface area contributed by atoms with E-state index < -0.39 is 5.60 Å². The number of ether oxygens (including phenoxy) is 2. The molecule has 1 aromatic carbocycles. The molecule has 0 spiro atoms.